The Hall–Kier alpha value is -4.07. The number of hydrogen-bond donors (Lipinski definition) is 1. The van der Waals surface area contributed by atoms with Crippen molar-refractivity contribution < 1.29 is 22.8 Å². The van der Waals surface area contributed by atoms with Crippen molar-refractivity contribution in [3.8, 4) is 22.4 Å². The van der Waals surface area contributed by atoms with Gasteiger partial charge in [0.1, 0.15) is 11.6 Å². The summed E-state index contributed by atoms with van der Waals surface area (Å²) >= 11 is 0. The first-order valence-electron chi connectivity index (χ1n) is 11.9. The summed E-state index contributed by atoms with van der Waals surface area (Å²) in [6.07, 6.45) is -0.568. The van der Waals surface area contributed by atoms with Crippen LogP contribution in [0.1, 0.15) is 36.2 Å². The number of alkyl halides is 3. The normalized spacial score (nSPS) is 11.6. The van der Waals surface area contributed by atoms with Crippen molar-refractivity contribution in [2.45, 2.75) is 39.3 Å². The number of carbonyl (C=O) groups excluding carboxylic acids is 2. The van der Waals surface area contributed by atoms with Crippen molar-refractivity contribution in [3.05, 3.63) is 95.4 Å². The highest BCUT2D eigenvalue weighted by Gasteiger charge is 2.30. The number of aromatic amines is 1. The minimum Gasteiger partial charge on any atom is -0.299 e. The molecule has 2 aromatic heterocycles. The van der Waals surface area contributed by atoms with Crippen molar-refractivity contribution in [1.82, 2.24) is 15.2 Å². The van der Waals surface area contributed by atoms with Crippen LogP contribution in [0.3, 0.4) is 0 Å². The largest absolute Gasteiger partial charge is 0.416 e. The third-order valence-electron chi connectivity index (χ3n) is 6.07. The van der Waals surface area contributed by atoms with Gasteiger partial charge in [-0.15, -0.1) is 0 Å². The Bertz CT molecular complexity index is 1410. The molecule has 0 spiro atoms. The molecule has 5 nitrogen and oxygen atoms in total. The average Bonchev–Trinajstić information content (AvgIpc) is 3.34. The van der Waals surface area contributed by atoms with Crippen LogP contribution >= 0.6 is 0 Å². The van der Waals surface area contributed by atoms with Crippen LogP contribution in [0.2, 0.25) is 0 Å². The molecule has 0 saturated carbocycles. The summed E-state index contributed by atoms with van der Waals surface area (Å²) < 4.78 is 38.3. The van der Waals surface area contributed by atoms with E-state index < -0.39 is 11.7 Å². The lowest BCUT2D eigenvalue weighted by molar-refractivity contribution is -0.137. The number of nitrogens with zero attached hydrogens (tertiary/aromatic N) is 2. The van der Waals surface area contributed by atoms with Gasteiger partial charge in [0.2, 0.25) is 0 Å². The van der Waals surface area contributed by atoms with E-state index in [4.69, 9.17) is 0 Å². The Morgan fingerprint density at radius 1 is 0.892 bits per heavy atom. The molecule has 37 heavy (non-hydrogen) atoms. The van der Waals surface area contributed by atoms with Crippen molar-refractivity contribution in [3.63, 3.8) is 0 Å². The average molecular weight is 506 g/mol. The minimum absolute atomic E-state index is 0.0482. The molecule has 190 valence electrons. The summed E-state index contributed by atoms with van der Waals surface area (Å²) in [5, 5.41) is 7.23. The predicted octanol–water partition coefficient (Wildman–Crippen LogP) is 6.28. The SMILES string of the molecule is CC(C)C(=O)Cc1cc(-c2cn[nH]c2-c2cccc(CC(=O)Cc3ccc(C(F)(F)F)cc3)c2)ccn1. The fourth-order valence-electron chi connectivity index (χ4n) is 4.02. The van der Waals surface area contributed by atoms with E-state index in [9.17, 15) is 22.8 Å². The quantitative estimate of drug-likeness (QED) is 0.291. The zero-order chi connectivity index (χ0) is 26.6. The molecular weight excluding hydrogens is 479 g/mol. The first-order chi connectivity index (χ1) is 17.6. The van der Waals surface area contributed by atoms with Gasteiger partial charge in [-0.25, -0.2) is 0 Å². The van der Waals surface area contributed by atoms with Crippen LogP contribution < -0.4 is 0 Å². The molecule has 0 radical (unpaired) electrons. The third-order valence-corrected chi connectivity index (χ3v) is 6.07. The fraction of sp³-hybridized carbons (Fsp3) is 0.241. The molecular formula is C29H26F3N3O2. The lowest BCUT2D eigenvalue weighted by Crippen LogP contribution is -2.11. The Morgan fingerprint density at radius 2 is 1.62 bits per heavy atom. The summed E-state index contributed by atoms with van der Waals surface area (Å²) in [5.74, 6) is -0.0549. The molecule has 0 saturated heterocycles. The molecule has 2 heterocycles. The van der Waals surface area contributed by atoms with E-state index >= 15 is 0 Å². The van der Waals surface area contributed by atoms with E-state index in [1.165, 1.54) is 12.1 Å². The van der Waals surface area contributed by atoms with Gasteiger partial charge in [0.25, 0.3) is 0 Å². The van der Waals surface area contributed by atoms with Crippen LogP contribution in [0.4, 0.5) is 13.2 Å². The van der Waals surface area contributed by atoms with Gasteiger partial charge in [0, 0.05) is 48.2 Å². The Balaban J connectivity index is 1.49. The van der Waals surface area contributed by atoms with E-state index in [1.807, 2.05) is 50.2 Å². The molecule has 0 aliphatic carbocycles. The summed E-state index contributed by atoms with van der Waals surface area (Å²) in [6, 6.07) is 15.9. The molecule has 8 heteroatoms. The van der Waals surface area contributed by atoms with E-state index in [-0.39, 0.29) is 36.7 Å². The lowest BCUT2D eigenvalue weighted by atomic mass is 9.97. The van der Waals surface area contributed by atoms with Crippen LogP contribution in [0, 0.1) is 5.92 Å². The van der Waals surface area contributed by atoms with Crippen LogP contribution in [0.25, 0.3) is 22.4 Å². The van der Waals surface area contributed by atoms with Crippen LogP contribution in [0.5, 0.6) is 0 Å². The molecule has 0 aliphatic rings. The molecule has 1 N–H and O–H groups in total. The van der Waals surface area contributed by atoms with Gasteiger partial charge in [-0.2, -0.15) is 18.3 Å². The molecule has 0 aliphatic heterocycles. The van der Waals surface area contributed by atoms with Crippen LogP contribution in [-0.4, -0.2) is 26.7 Å². The Morgan fingerprint density at radius 3 is 2.32 bits per heavy atom. The molecule has 2 aromatic carbocycles. The second kappa shape index (κ2) is 10.9. The lowest BCUT2D eigenvalue weighted by Gasteiger charge is -2.09. The maximum absolute atomic E-state index is 12.8. The smallest absolute Gasteiger partial charge is 0.299 e. The summed E-state index contributed by atoms with van der Waals surface area (Å²) in [5.41, 5.74) is 4.59. The van der Waals surface area contributed by atoms with Crippen molar-refractivity contribution in [1.29, 1.82) is 0 Å². The maximum Gasteiger partial charge on any atom is 0.416 e. The zero-order valence-corrected chi connectivity index (χ0v) is 20.5. The molecule has 0 atom stereocenters. The number of halogens is 3. The van der Waals surface area contributed by atoms with Gasteiger partial charge in [-0.1, -0.05) is 44.2 Å². The molecule has 0 bridgehead atoms. The highest BCUT2D eigenvalue weighted by molar-refractivity contribution is 5.85. The van der Waals surface area contributed by atoms with E-state index in [0.29, 0.717) is 11.3 Å². The summed E-state index contributed by atoms with van der Waals surface area (Å²) in [4.78, 5) is 29.1. The van der Waals surface area contributed by atoms with E-state index in [0.717, 1.165) is 40.1 Å². The Labute approximate surface area is 212 Å². The first kappa shape index (κ1) is 26.0. The van der Waals surface area contributed by atoms with Crippen molar-refractivity contribution in [2.75, 3.05) is 0 Å². The van der Waals surface area contributed by atoms with Crippen molar-refractivity contribution in [2.24, 2.45) is 5.92 Å². The summed E-state index contributed by atoms with van der Waals surface area (Å²) in [6.45, 7) is 3.73. The van der Waals surface area contributed by atoms with Crippen LogP contribution in [0.15, 0.2) is 73.1 Å². The number of Topliss-reactive ketones (excluding diaryl/α,β-unsaturated/α-hetero) is 2. The van der Waals surface area contributed by atoms with Gasteiger partial charge in [0.05, 0.1) is 17.5 Å². The fourth-order valence-corrected chi connectivity index (χ4v) is 4.02. The van der Waals surface area contributed by atoms with Gasteiger partial charge >= 0.3 is 6.18 Å². The van der Waals surface area contributed by atoms with Crippen LogP contribution in [-0.2, 0) is 35.0 Å². The standard InChI is InChI=1S/C29H26F3N3O2/c1-18(2)27(37)16-24-15-21(10-11-33-24)26-17-34-35-28(26)22-5-3-4-20(12-22)14-25(36)13-19-6-8-23(9-7-19)29(30,31)32/h3-12,15,17-18H,13-14,16H2,1-2H3,(H,34,35). The second-order valence-corrected chi connectivity index (χ2v) is 9.28. The number of nitrogens with one attached hydrogen (secondary N) is 1. The number of H-pyrrole nitrogens is 1. The highest BCUT2D eigenvalue weighted by Crippen LogP contribution is 2.31. The van der Waals surface area contributed by atoms with Gasteiger partial charge in [0.15, 0.2) is 0 Å². The van der Waals surface area contributed by atoms with Gasteiger partial charge < -0.3 is 0 Å². The monoisotopic (exact) mass is 505 g/mol. The number of aromatic nitrogens is 3. The van der Waals surface area contributed by atoms with Gasteiger partial charge in [-0.05, 0) is 47.0 Å². The highest BCUT2D eigenvalue weighted by atomic mass is 19.4. The Kier molecular flexibility index (Phi) is 7.66. The second-order valence-electron chi connectivity index (χ2n) is 9.28. The number of ketones is 2. The van der Waals surface area contributed by atoms with Gasteiger partial charge in [-0.3, -0.25) is 19.7 Å². The van der Waals surface area contributed by atoms with E-state index in [1.54, 1.807) is 12.4 Å². The molecule has 4 aromatic rings. The predicted molar refractivity (Wildman–Crippen MR) is 135 cm³/mol. The number of carbonyl (C=O) groups is 2. The maximum atomic E-state index is 12.8. The van der Waals surface area contributed by atoms with E-state index in [2.05, 4.69) is 15.2 Å². The zero-order valence-electron chi connectivity index (χ0n) is 20.5. The first-order valence-corrected chi connectivity index (χ1v) is 11.9. The number of rotatable bonds is 9. The molecule has 0 amide bonds. The number of benzene rings is 2. The molecule has 0 fully saturated rings. The third kappa shape index (κ3) is 6.58. The minimum atomic E-state index is -4.40. The topological polar surface area (TPSA) is 75.7 Å². The summed E-state index contributed by atoms with van der Waals surface area (Å²) in [7, 11) is 0. The number of hydrogen-bond acceptors (Lipinski definition) is 4. The molecule has 0 unspecified atom stereocenters. The molecule has 4 rings (SSSR count). The number of pyridine rings is 1. The van der Waals surface area contributed by atoms with Crippen molar-refractivity contribution >= 4 is 11.6 Å².